The van der Waals surface area contributed by atoms with Crippen molar-refractivity contribution >= 4 is 11.6 Å². The van der Waals surface area contributed by atoms with Crippen molar-refractivity contribution in [3.8, 4) is 5.69 Å². The standard InChI is InChI=1S/C17H16ClF3N6O/c1-10-13(8-25-5-6-26-14(9-25)22-23-16(26)28)15(18)27(24-10)12-4-2-3-11(7-12)17(19,20)21/h2-4,7H,5-6,8-9H2,1H3,(H,23,28). The summed E-state index contributed by atoms with van der Waals surface area (Å²) in [4.78, 5) is 13.7. The van der Waals surface area contributed by atoms with Crippen molar-refractivity contribution in [2.45, 2.75) is 32.7 Å². The molecule has 0 bridgehead atoms. The van der Waals surface area contributed by atoms with Gasteiger partial charge in [0.2, 0.25) is 0 Å². The number of halogens is 4. The van der Waals surface area contributed by atoms with Gasteiger partial charge in [0.25, 0.3) is 0 Å². The van der Waals surface area contributed by atoms with Crippen LogP contribution in [0.1, 0.15) is 22.6 Å². The highest BCUT2D eigenvalue weighted by molar-refractivity contribution is 6.30. The summed E-state index contributed by atoms with van der Waals surface area (Å²) in [6.07, 6.45) is -4.44. The third kappa shape index (κ3) is 3.33. The van der Waals surface area contributed by atoms with Crippen LogP contribution in [0.4, 0.5) is 13.2 Å². The Morgan fingerprint density at radius 3 is 2.82 bits per heavy atom. The topological polar surface area (TPSA) is 71.7 Å². The molecular formula is C17H16ClF3N6O. The van der Waals surface area contributed by atoms with Crippen LogP contribution in [-0.2, 0) is 25.8 Å². The van der Waals surface area contributed by atoms with E-state index in [1.54, 1.807) is 11.5 Å². The molecule has 1 aliphatic rings. The SMILES string of the molecule is Cc1nn(-c2cccc(C(F)(F)F)c2)c(Cl)c1CN1CCn2c(n[nH]c2=O)C1. The van der Waals surface area contributed by atoms with E-state index in [1.807, 2.05) is 0 Å². The first-order chi connectivity index (χ1) is 13.2. The van der Waals surface area contributed by atoms with E-state index in [0.717, 1.165) is 17.7 Å². The number of fused-ring (bicyclic) bond motifs is 1. The largest absolute Gasteiger partial charge is 0.416 e. The minimum absolute atomic E-state index is 0.235. The normalized spacial score (nSPS) is 15.0. The van der Waals surface area contributed by atoms with Gasteiger partial charge in [-0.05, 0) is 25.1 Å². The molecule has 148 valence electrons. The van der Waals surface area contributed by atoms with Gasteiger partial charge in [0.15, 0.2) is 0 Å². The predicted octanol–water partition coefficient (Wildman–Crippen LogP) is 2.75. The molecule has 1 aromatic carbocycles. The van der Waals surface area contributed by atoms with Crippen LogP contribution in [0.2, 0.25) is 5.15 Å². The highest BCUT2D eigenvalue weighted by Crippen LogP contribution is 2.32. The van der Waals surface area contributed by atoms with Gasteiger partial charge < -0.3 is 0 Å². The molecule has 0 spiro atoms. The Morgan fingerprint density at radius 2 is 2.07 bits per heavy atom. The van der Waals surface area contributed by atoms with Crippen molar-refractivity contribution in [2.75, 3.05) is 6.54 Å². The minimum atomic E-state index is -4.44. The lowest BCUT2D eigenvalue weighted by molar-refractivity contribution is -0.137. The molecule has 3 aromatic rings. The summed E-state index contributed by atoms with van der Waals surface area (Å²) in [6.45, 7) is 3.80. The fraction of sp³-hybridized carbons (Fsp3) is 0.353. The quantitative estimate of drug-likeness (QED) is 0.718. The number of hydrogen-bond acceptors (Lipinski definition) is 4. The number of nitrogens with zero attached hydrogens (tertiary/aromatic N) is 5. The van der Waals surface area contributed by atoms with Crippen LogP contribution < -0.4 is 5.69 Å². The number of rotatable bonds is 3. The van der Waals surface area contributed by atoms with Crippen molar-refractivity contribution in [1.29, 1.82) is 0 Å². The molecule has 1 aliphatic heterocycles. The van der Waals surface area contributed by atoms with Crippen LogP contribution >= 0.6 is 11.6 Å². The Morgan fingerprint density at radius 1 is 1.29 bits per heavy atom. The van der Waals surface area contributed by atoms with E-state index in [2.05, 4.69) is 20.2 Å². The number of aromatic nitrogens is 5. The van der Waals surface area contributed by atoms with Crippen molar-refractivity contribution in [3.63, 3.8) is 0 Å². The summed E-state index contributed by atoms with van der Waals surface area (Å²) in [5.74, 6) is 0.635. The van der Waals surface area contributed by atoms with E-state index in [1.165, 1.54) is 16.8 Å². The summed E-state index contributed by atoms with van der Waals surface area (Å²) in [5.41, 5.74) is 0.608. The van der Waals surface area contributed by atoms with Gasteiger partial charge in [0.05, 0.1) is 23.5 Å². The van der Waals surface area contributed by atoms with Crippen molar-refractivity contribution in [1.82, 2.24) is 29.4 Å². The molecule has 0 saturated heterocycles. The van der Waals surface area contributed by atoms with Crippen LogP contribution in [0.25, 0.3) is 5.69 Å². The van der Waals surface area contributed by atoms with Gasteiger partial charge >= 0.3 is 11.9 Å². The Labute approximate surface area is 162 Å². The summed E-state index contributed by atoms with van der Waals surface area (Å²) < 4.78 is 41.9. The first-order valence-corrected chi connectivity index (χ1v) is 8.90. The van der Waals surface area contributed by atoms with E-state index in [-0.39, 0.29) is 16.5 Å². The zero-order valence-corrected chi connectivity index (χ0v) is 15.5. The number of aromatic amines is 1. The van der Waals surface area contributed by atoms with Crippen molar-refractivity contribution in [3.05, 3.63) is 62.5 Å². The Kier molecular flexibility index (Phi) is 4.54. The van der Waals surface area contributed by atoms with E-state index in [0.29, 0.717) is 37.7 Å². The van der Waals surface area contributed by atoms with Gasteiger partial charge in [-0.15, -0.1) is 0 Å². The third-order valence-corrected chi connectivity index (χ3v) is 5.15. The molecule has 0 saturated carbocycles. The maximum absolute atomic E-state index is 13.0. The summed E-state index contributed by atoms with van der Waals surface area (Å²) in [7, 11) is 0. The van der Waals surface area contributed by atoms with Crippen molar-refractivity contribution < 1.29 is 13.2 Å². The van der Waals surface area contributed by atoms with E-state index < -0.39 is 11.7 Å². The van der Waals surface area contributed by atoms with Gasteiger partial charge in [0, 0.05) is 25.2 Å². The Balaban J connectivity index is 1.61. The lowest BCUT2D eigenvalue weighted by Gasteiger charge is -2.26. The lowest BCUT2D eigenvalue weighted by Crippen LogP contribution is -2.36. The first kappa shape index (κ1) is 18.8. The highest BCUT2D eigenvalue weighted by Gasteiger charge is 2.31. The average molecular weight is 413 g/mol. The smallest absolute Gasteiger partial charge is 0.290 e. The number of aryl methyl sites for hydroxylation is 1. The zero-order valence-electron chi connectivity index (χ0n) is 14.8. The van der Waals surface area contributed by atoms with Gasteiger partial charge in [0.1, 0.15) is 11.0 Å². The number of nitrogens with one attached hydrogen (secondary N) is 1. The van der Waals surface area contributed by atoms with E-state index in [4.69, 9.17) is 11.6 Å². The third-order valence-electron chi connectivity index (χ3n) is 4.76. The number of alkyl halides is 3. The molecule has 0 radical (unpaired) electrons. The van der Waals surface area contributed by atoms with Crippen molar-refractivity contribution in [2.24, 2.45) is 0 Å². The average Bonchev–Trinajstić information content (AvgIpc) is 3.16. The van der Waals surface area contributed by atoms with E-state index in [9.17, 15) is 18.0 Å². The van der Waals surface area contributed by atoms with Crippen LogP contribution in [0, 0.1) is 6.92 Å². The molecule has 3 heterocycles. The summed E-state index contributed by atoms with van der Waals surface area (Å²) in [5, 5.41) is 11.0. The van der Waals surface area contributed by atoms with Gasteiger partial charge in [-0.25, -0.2) is 14.6 Å². The Hall–Kier alpha value is -2.59. The molecule has 0 aliphatic carbocycles. The second-order valence-corrected chi connectivity index (χ2v) is 6.98. The first-order valence-electron chi connectivity index (χ1n) is 8.52. The molecule has 1 N–H and O–H groups in total. The zero-order chi connectivity index (χ0) is 20.1. The summed E-state index contributed by atoms with van der Waals surface area (Å²) >= 11 is 6.47. The minimum Gasteiger partial charge on any atom is -0.290 e. The summed E-state index contributed by atoms with van der Waals surface area (Å²) in [6, 6.07) is 4.88. The molecule has 0 atom stereocenters. The lowest BCUT2D eigenvalue weighted by atomic mass is 10.2. The van der Waals surface area contributed by atoms with Crippen LogP contribution in [0.15, 0.2) is 29.1 Å². The monoisotopic (exact) mass is 412 g/mol. The maximum Gasteiger partial charge on any atom is 0.416 e. The number of hydrogen-bond donors (Lipinski definition) is 1. The Bertz CT molecular complexity index is 1080. The number of H-pyrrole nitrogens is 1. The second kappa shape index (κ2) is 6.78. The number of benzene rings is 1. The van der Waals surface area contributed by atoms with Crippen LogP contribution in [-0.4, -0.2) is 36.0 Å². The van der Waals surface area contributed by atoms with Gasteiger partial charge in [-0.2, -0.15) is 23.4 Å². The molecule has 28 heavy (non-hydrogen) atoms. The molecule has 2 aromatic heterocycles. The highest BCUT2D eigenvalue weighted by atomic mass is 35.5. The van der Waals surface area contributed by atoms with Gasteiger partial charge in [-0.1, -0.05) is 17.7 Å². The van der Waals surface area contributed by atoms with Gasteiger partial charge in [-0.3, -0.25) is 9.47 Å². The fourth-order valence-corrected chi connectivity index (χ4v) is 3.61. The van der Waals surface area contributed by atoms with E-state index >= 15 is 0 Å². The molecule has 7 nitrogen and oxygen atoms in total. The predicted molar refractivity (Wildman–Crippen MR) is 95.3 cm³/mol. The molecule has 0 fully saturated rings. The molecule has 0 amide bonds. The van der Waals surface area contributed by atoms with Crippen LogP contribution in [0.5, 0.6) is 0 Å². The molecule has 11 heteroatoms. The fourth-order valence-electron chi connectivity index (χ4n) is 3.28. The molecule has 0 unspecified atom stereocenters. The molecular weight excluding hydrogens is 397 g/mol. The maximum atomic E-state index is 13.0. The molecule has 4 rings (SSSR count). The van der Waals surface area contributed by atoms with Crippen LogP contribution in [0.3, 0.4) is 0 Å². The second-order valence-electron chi connectivity index (χ2n) is 6.62.